The smallest absolute Gasteiger partial charge is 0.309 e. The minimum absolute atomic E-state index is 0.00770. The lowest BCUT2D eigenvalue weighted by Crippen LogP contribution is -2.45. The van der Waals surface area contributed by atoms with E-state index in [1.54, 1.807) is 32.1 Å². The van der Waals surface area contributed by atoms with Gasteiger partial charge in [0, 0.05) is 17.7 Å². The number of esters is 1. The van der Waals surface area contributed by atoms with E-state index in [4.69, 9.17) is 9.47 Å². The number of cyclic esters (lactones) is 1. The number of ketones is 1. The lowest BCUT2D eigenvalue weighted by molar-refractivity contribution is -0.154. The Morgan fingerprint density at radius 2 is 1.91 bits per heavy atom. The minimum atomic E-state index is -1.22. The van der Waals surface area contributed by atoms with Gasteiger partial charge in [-0.05, 0) is 44.3 Å². The molecule has 7 atom stereocenters. The molecule has 34 heavy (non-hydrogen) atoms. The number of nitrogens with zero attached hydrogens (tertiary/aromatic N) is 1. The number of hydrogen-bond acceptors (Lipinski definition) is 8. The zero-order valence-corrected chi connectivity index (χ0v) is 21.9. The summed E-state index contributed by atoms with van der Waals surface area (Å²) in [4.78, 5) is 30.5. The zero-order chi connectivity index (χ0) is 25.2. The first-order valence-electron chi connectivity index (χ1n) is 12.3. The highest BCUT2D eigenvalue weighted by Gasteiger charge is 2.44. The highest BCUT2D eigenvalue weighted by atomic mass is 32.1. The number of aliphatic hydroxyl groups excluding tert-OH is 2. The van der Waals surface area contributed by atoms with Gasteiger partial charge in [-0.15, -0.1) is 11.3 Å². The maximum atomic E-state index is 13.2. The molecule has 3 heterocycles. The number of fused-ring (bicyclic) bond motifs is 1. The van der Waals surface area contributed by atoms with Gasteiger partial charge >= 0.3 is 5.97 Å². The average Bonchev–Trinajstić information content (AvgIpc) is 3.38. The normalized spacial score (nSPS) is 36.0. The van der Waals surface area contributed by atoms with Crippen LogP contribution in [0, 0.1) is 24.2 Å². The summed E-state index contributed by atoms with van der Waals surface area (Å²) in [6, 6.07) is 0. The molecule has 0 aromatic carbocycles. The first-order chi connectivity index (χ1) is 15.9. The second-order valence-electron chi connectivity index (χ2n) is 10.6. The summed E-state index contributed by atoms with van der Waals surface area (Å²) < 4.78 is 11.7. The maximum Gasteiger partial charge on any atom is 0.309 e. The molecule has 3 rings (SSSR count). The number of rotatable bonds is 2. The van der Waals surface area contributed by atoms with Crippen LogP contribution in [0.15, 0.2) is 11.0 Å². The van der Waals surface area contributed by atoms with E-state index in [2.05, 4.69) is 4.98 Å². The monoisotopic (exact) mass is 493 g/mol. The number of aromatic nitrogens is 1. The molecule has 0 saturated carbocycles. The van der Waals surface area contributed by atoms with Gasteiger partial charge in [0.1, 0.15) is 11.9 Å². The van der Waals surface area contributed by atoms with Gasteiger partial charge in [0.2, 0.25) is 0 Å². The lowest BCUT2D eigenvalue weighted by atomic mass is 9.73. The third-order valence-corrected chi connectivity index (χ3v) is 8.20. The Morgan fingerprint density at radius 1 is 1.21 bits per heavy atom. The van der Waals surface area contributed by atoms with Crippen molar-refractivity contribution >= 4 is 29.2 Å². The topological polar surface area (TPSA) is 109 Å². The third kappa shape index (κ3) is 6.53. The van der Waals surface area contributed by atoms with Crippen molar-refractivity contribution in [2.24, 2.45) is 17.3 Å². The van der Waals surface area contributed by atoms with Gasteiger partial charge in [0.15, 0.2) is 0 Å². The number of ether oxygens (including phenoxy) is 2. The van der Waals surface area contributed by atoms with Crippen LogP contribution in [-0.2, 0) is 19.1 Å². The maximum absolute atomic E-state index is 13.2. The summed E-state index contributed by atoms with van der Waals surface area (Å²) in [6.07, 6.45) is 2.28. The molecule has 1 aromatic heterocycles. The summed E-state index contributed by atoms with van der Waals surface area (Å²) in [5, 5.41) is 24.5. The fourth-order valence-corrected chi connectivity index (χ4v) is 5.35. The first kappa shape index (κ1) is 27.0. The molecule has 1 aromatic rings. The molecule has 2 N–H and O–H groups in total. The Bertz CT molecular complexity index is 909. The van der Waals surface area contributed by atoms with Crippen LogP contribution in [-0.4, -0.2) is 57.5 Å². The zero-order valence-electron chi connectivity index (χ0n) is 21.1. The summed E-state index contributed by atoms with van der Waals surface area (Å²) in [5.41, 5.74) is 0.494. The highest BCUT2D eigenvalue weighted by Crippen LogP contribution is 2.36. The number of epoxide rings is 1. The molecule has 8 heteroatoms. The van der Waals surface area contributed by atoms with Crippen molar-refractivity contribution in [3.05, 3.63) is 21.7 Å². The number of Topliss-reactive ketones (excluding diaryl/α,β-unsaturated/α-hetero) is 1. The third-order valence-electron chi connectivity index (χ3n) is 7.41. The molecule has 0 aliphatic carbocycles. The standard InChI is InChI=1S/C26H39NO6S/c1-14-8-7-9-19-21(32-19)11-20(15(2)10-18-13-34-17(4)27-18)33-23(29)12-22(28)26(5,6)25(31)16(3)24(14)30/h10,13-14,16,19-22,24,28,30H,7-9,11-12H2,1-6H3/b15-10+/t14-,16-,19-,20-,21-,22-,24+/m0/s1. The van der Waals surface area contributed by atoms with Crippen molar-refractivity contribution in [1.29, 1.82) is 0 Å². The lowest BCUT2D eigenvalue weighted by Gasteiger charge is -2.34. The number of carbonyl (C=O) groups is 2. The van der Waals surface area contributed by atoms with Crippen LogP contribution in [0.25, 0.3) is 6.08 Å². The number of hydrogen-bond donors (Lipinski definition) is 2. The summed E-state index contributed by atoms with van der Waals surface area (Å²) >= 11 is 1.56. The molecule has 2 aliphatic heterocycles. The molecule has 0 spiro atoms. The van der Waals surface area contributed by atoms with Gasteiger partial charge in [-0.2, -0.15) is 0 Å². The quantitative estimate of drug-likeness (QED) is 0.472. The highest BCUT2D eigenvalue weighted by molar-refractivity contribution is 7.09. The molecule has 0 radical (unpaired) electrons. The molecule has 2 saturated heterocycles. The van der Waals surface area contributed by atoms with Gasteiger partial charge in [-0.3, -0.25) is 9.59 Å². The molecule has 2 fully saturated rings. The van der Waals surface area contributed by atoms with Crippen LogP contribution >= 0.6 is 11.3 Å². The van der Waals surface area contributed by atoms with Gasteiger partial charge < -0.3 is 19.7 Å². The summed E-state index contributed by atoms with van der Waals surface area (Å²) in [5.74, 6) is -1.52. The molecule has 7 nitrogen and oxygen atoms in total. The number of aryl methyl sites for hydroxylation is 1. The Kier molecular flexibility index (Phi) is 8.71. The van der Waals surface area contributed by atoms with Crippen molar-refractivity contribution in [2.45, 2.75) is 104 Å². The predicted octanol–water partition coefficient (Wildman–Crippen LogP) is 4.09. The summed E-state index contributed by atoms with van der Waals surface area (Å²) in [6.45, 7) is 10.8. The van der Waals surface area contributed by atoms with Crippen molar-refractivity contribution in [3.63, 3.8) is 0 Å². The van der Waals surface area contributed by atoms with E-state index in [1.165, 1.54) is 0 Å². The second-order valence-corrected chi connectivity index (χ2v) is 11.7. The molecule has 0 bridgehead atoms. The Hall–Kier alpha value is -1.61. The SMILES string of the molecule is C/C(=C\c1csc(C)n1)[C@@H]1C[C@@H]2O[C@H]2CCC[C@H](C)[C@@H](O)[C@H](C)C(=O)C(C)(C)[C@@H](O)CC(=O)O1. The van der Waals surface area contributed by atoms with Crippen LogP contribution in [0.3, 0.4) is 0 Å². The van der Waals surface area contributed by atoms with Crippen molar-refractivity contribution in [3.8, 4) is 0 Å². The first-order valence-corrected chi connectivity index (χ1v) is 13.1. The van der Waals surface area contributed by atoms with Crippen LogP contribution in [0.2, 0.25) is 0 Å². The van der Waals surface area contributed by atoms with Gasteiger partial charge in [0.05, 0.1) is 47.0 Å². The number of thiazole rings is 1. The Balaban J connectivity index is 1.81. The molecule has 0 unspecified atom stereocenters. The van der Waals surface area contributed by atoms with Crippen LogP contribution < -0.4 is 0 Å². The number of aliphatic hydroxyl groups is 2. The summed E-state index contributed by atoms with van der Waals surface area (Å²) in [7, 11) is 0. The van der Waals surface area contributed by atoms with E-state index in [0.29, 0.717) is 6.42 Å². The van der Waals surface area contributed by atoms with E-state index in [0.717, 1.165) is 35.5 Å². The molecular weight excluding hydrogens is 454 g/mol. The molecule has 0 amide bonds. The fourth-order valence-electron chi connectivity index (χ4n) is 4.78. The predicted molar refractivity (Wildman–Crippen MR) is 131 cm³/mol. The van der Waals surface area contributed by atoms with Crippen molar-refractivity contribution in [2.75, 3.05) is 0 Å². The van der Waals surface area contributed by atoms with Crippen LogP contribution in [0.4, 0.5) is 0 Å². The molecular formula is C26H39NO6S. The number of carbonyl (C=O) groups excluding carboxylic acids is 2. The van der Waals surface area contributed by atoms with Gasteiger partial charge in [-0.25, -0.2) is 4.98 Å². The van der Waals surface area contributed by atoms with E-state index in [9.17, 15) is 19.8 Å². The van der Waals surface area contributed by atoms with Gasteiger partial charge in [-0.1, -0.05) is 34.1 Å². The van der Waals surface area contributed by atoms with E-state index >= 15 is 0 Å². The van der Waals surface area contributed by atoms with E-state index in [1.807, 2.05) is 32.2 Å². The largest absolute Gasteiger partial charge is 0.458 e. The van der Waals surface area contributed by atoms with E-state index in [-0.39, 0.29) is 30.3 Å². The van der Waals surface area contributed by atoms with Crippen molar-refractivity contribution in [1.82, 2.24) is 4.98 Å². The van der Waals surface area contributed by atoms with Crippen LogP contribution in [0.5, 0.6) is 0 Å². The van der Waals surface area contributed by atoms with E-state index < -0.39 is 35.6 Å². The minimum Gasteiger partial charge on any atom is -0.458 e. The van der Waals surface area contributed by atoms with Crippen LogP contribution in [0.1, 0.15) is 77.4 Å². The van der Waals surface area contributed by atoms with Gasteiger partial charge in [0.25, 0.3) is 0 Å². The Morgan fingerprint density at radius 3 is 2.56 bits per heavy atom. The fraction of sp³-hybridized carbons (Fsp3) is 0.731. The molecule has 190 valence electrons. The molecule has 2 aliphatic rings. The van der Waals surface area contributed by atoms with Crippen molar-refractivity contribution < 1.29 is 29.3 Å². The second kappa shape index (κ2) is 11.0. The average molecular weight is 494 g/mol. The Labute approximate surface area is 206 Å².